The number of nitrogens with zero attached hydrogens (tertiary/aromatic N) is 3. The minimum absolute atomic E-state index is 0.173. The van der Waals surface area contributed by atoms with Crippen LogP contribution in [0.25, 0.3) is 16.9 Å². The third-order valence-electron chi connectivity index (χ3n) is 4.16. The highest BCUT2D eigenvalue weighted by Gasteiger charge is 2.19. The van der Waals surface area contributed by atoms with Crippen LogP contribution in [0.15, 0.2) is 64.9 Å². The lowest BCUT2D eigenvalue weighted by atomic mass is 10.2. The summed E-state index contributed by atoms with van der Waals surface area (Å²) in [5, 5.41) is 4.69. The van der Waals surface area contributed by atoms with Gasteiger partial charge in [-0.05, 0) is 47.8 Å². The van der Waals surface area contributed by atoms with Crippen molar-refractivity contribution >= 4 is 28.4 Å². The summed E-state index contributed by atoms with van der Waals surface area (Å²) in [4.78, 5) is 35.3. The molecule has 0 saturated heterocycles. The predicted molar refractivity (Wildman–Crippen MR) is 107 cm³/mol. The molecule has 0 atom stereocenters. The van der Waals surface area contributed by atoms with Gasteiger partial charge in [0.05, 0.1) is 19.3 Å². The maximum atomic E-state index is 13.1. The zero-order valence-electron chi connectivity index (χ0n) is 15.0. The monoisotopic (exact) mass is 392 g/mol. The molecule has 28 heavy (non-hydrogen) atoms. The van der Waals surface area contributed by atoms with Crippen molar-refractivity contribution < 1.29 is 9.53 Å². The zero-order valence-corrected chi connectivity index (χ0v) is 15.8. The van der Waals surface area contributed by atoms with Crippen LogP contribution >= 0.6 is 11.3 Å². The fourth-order valence-corrected chi connectivity index (χ4v) is 3.45. The van der Waals surface area contributed by atoms with Gasteiger partial charge >= 0.3 is 0 Å². The number of pyridine rings is 1. The van der Waals surface area contributed by atoms with Gasteiger partial charge in [-0.3, -0.25) is 14.2 Å². The molecule has 140 valence electrons. The molecule has 4 aromatic rings. The smallest absolute Gasteiger partial charge is 0.288 e. The van der Waals surface area contributed by atoms with E-state index in [0.29, 0.717) is 29.1 Å². The number of aromatic nitrogens is 3. The highest BCUT2D eigenvalue weighted by molar-refractivity contribution is 7.09. The standard InChI is InChI=1S/C20H16N4O3S/c1-27-14-8-6-13(7-9-14)24-18-16(5-2-10-21-18)23-17(20(24)26)19(25)22-12-15-4-3-11-28-15/h2-11H,12H2,1H3,(H,22,25). The minimum atomic E-state index is -0.528. The molecule has 0 aliphatic rings. The number of rotatable bonds is 5. The van der Waals surface area contributed by atoms with Gasteiger partial charge in [0.1, 0.15) is 11.3 Å². The van der Waals surface area contributed by atoms with Crippen molar-refractivity contribution in [1.29, 1.82) is 0 Å². The molecule has 0 bridgehead atoms. The first-order valence-corrected chi connectivity index (χ1v) is 9.38. The predicted octanol–water partition coefficient (Wildman–Crippen LogP) is 2.78. The average molecular weight is 392 g/mol. The Labute approximate surface area is 164 Å². The third kappa shape index (κ3) is 3.37. The first kappa shape index (κ1) is 17.9. The maximum absolute atomic E-state index is 13.1. The highest BCUT2D eigenvalue weighted by Crippen LogP contribution is 2.17. The van der Waals surface area contributed by atoms with E-state index in [2.05, 4.69) is 15.3 Å². The number of benzene rings is 1. The molecule has 8 heteroatoms. The second-order valence-corrected chi connectivity index (χ2v) is 6.94. The molecule has 0 spiro atoms. The Kier molecular flexibility index (Phi) is 4.86. The molecule has 0 saturated carbocycles. The van der Waals surface area contributed by atoms with Crippen molar-refractivity contribution in [2.24, 2.45) is 0 Å². The first-order chi connectivity index (χ1) is 13.7. The van der Waals surface area contributed by atoms with E-state index < -0.39 is 11.5 Å². The Morgan fingerprint density at radius 3 is 2.71 bits per heavy atom. The summed E-state index contributed by atoms with van der Waals surface area (Å²) in [5.74, 6) is 0.142. The maximum Gasteiger partial charge on any atom is 0.288 e. The summed E-state index contributed by atoms with van der Waals surface area (Å²) in [6, 6.07) is 14.2. The van der Waals surface area contributed by atoms with E-state index in [-0.39, 0.29) is 5.69 Å². The SMILES string of the molecule is COc1ccc(-n2c(=O)c(C(=O)NCc3cccs3)nc3cccnc32)cc1. The van der Waals surface area contributed by atoms with Crippen molar-refractivity contribution in [3.8, 4) is 11.4 Å². The van der Waals surface area contributed by atoms with Gasteiger partial charge in [0, 0.05) is 11.1 Å². The second kappa shape index (κ2) is 7.61. The van der Waals surface area contributed by atoms with E-state index in [0.717, 1.165) is 4.88 Å². The molecular formula is C20H16N4O3S. The molecule has 0 aliphatic heterocycles. The normalized spacial score (nSPS) is 10.8. The molecule has 0 fully saturated rings. The lowest BCUT2D eigenvalue weighted by molar-refractivity contribution is 0.0944. The van der Waals surface area contributed by atoms with Crippen LogP contribution < -0.4 is 15.6 Å². The second-order valence-electron chi connectivity index (χ2n) is 5.91. The van der Waals surface area contributed by atoms with E-state index >= 15 is 0 Å². The Morgan fingerprint density at radius 2 is 2.00 bits per heavy atom. The molecular weight excluding hydrogens is 376 g/mol. The average Bonchev–Trinajstić information content (AvgIpc) is 3.25. The molecule has 4 rings (SSSR count). The molecule has 7 nitrogen and oxygen atoms in total. The van der Waals surface area contributed by atoms with Crippen LogP contribution in [-0.4, -0.2) is 27.6 Å². The van der Waals surface area contributed by atoms with Gasteiger partial charge in [-0.15, -0.1) is 11.3 Å². The molecule has 0 radical (unpaired) electrons. The van der Waals surface area contributed by atoms with E-state index in [1.807, 2.05) is 17.5 Å². The number of fused-ring (bicyclic) bond motifs is 1. The van der Waals surface area contributed by atoms with Crippen molar-refractivity contribution in [3.05, 3.63) is 81.0 Å². The molecule has 1 amide bonds. The van der Waals surface area contributed by atoms with Crippen LogP contribution in [0.4, 0.5) is 0 Å². The number of amides is 1. The number of carbonyl (C=O) groups is 1. The molecule has 1 N–H and O–H groups in total. The summed E-state index contributed by atoms with van der Waals surface area (Å²) in [6.07, 6.45) is 1.58. The Morgan fingerprint density at radius 1 is 1.18 bits per heavy atom. The number of nitrogens with one attached hydrogen (secondary N) is 1. The van der Waals surface area contributed by atoms with Crippen LogP contribution in [-0.2, 0) is 6.54 Å². The summed E-state index contributed by atoms with van der Waals surface area (Å²) in [6.45, 7) is 0.339. The van der Waals surface area contributed by atoms with Gasteiger partial charge in [-0.2, -0.15) is 0 Å². The topological polar surface area (TPSA) is 86.1 Å². The summed E-state index contributed by atoms with van der Waals surface area (Å²) in [5.41, 5.74) is 0.712. The van der Waals surface area contributed by atoms with Gasteiger partial charge in [0.2, 0.25) is 0 Å². The van der Waals surface area contributed by atoms with E-state index in [4.69, 9.17) is 4.74 Å². The summed E-state index contributed by atoms with van der Waals surface area (Å²) >= 11 is 1.53. The third-order valence-corrected chi connectivity index (χ3v) is 5.04. The number of hydrogen-bond acceptors (Lipinski definition) is 6. The van der Waals surface area contributed by atoms with Gasteiger partial charge in [0.25, 0.3) is 11.5 Å². The van der Waals surface area contributed by atoms with E-state index in [1.54, 1.807) is 49.7 Å². The quantitative estimate of drug-likeness (QED) is 0.564. The van der Waals surface area contributed by atoms with Gasteiger partial charge in [-0.1, -0.05) is 6.07 Å². The molecule has 0 aliphatic carbocycles. The first-order valence-electron chi connectivity index (χ1n) is 8.50. The van der Waals surface area contributed by atoms with Crippen molar-refractivity contribution in [2.75, 3.05) is 7.11 Å². The van der Waals surface area contributed by atoms with Crippen LogP contribution in [0.2, 0.25) is 0 Å². The van der Waals surface area contributed by atoms with Crippen LogP contribution in [0.1, 0.15) is 15.4 Å². The largest absolute Gasteiger partial charge is 0.497 e. The van der Waals surface area contributed by atoms with Crippen molar-refractivity contribution in [1.82, 2.24) is 19.9 Å². The Balaban J connectivity index is 1.80. The number of carbonyl (C=O) groups excluding carboxylic acids is 1. The minimum Gasteiger partial charge on any atom is -0.497 e. The summed E-state index contributed by atoms with van der Waals surface area (Å²) in [7, 11) is 1.57. The van der Waals surface area contributed by atoms with Crippen LogP contribution in [0.3, 0.4) is 0 Å². The van der Waals surface area contributed by atoms with E-state index in [9.17, 15) is 9.59 Å². The summed E-state index contributed by atoms with van der Waals surface area (Å²) < 4.78 is 6.56. The fraction of sp³-hybridized carbons (Fsp3) is 0.100. The molecule has 0 unspecified atom stereocenters. The van der Waals surface area contributed by atoms with Gasteiger partial charge in [-0.25, -0.2) is 9.97 Å². The number of ether oxygens (including phenoxy) is 1. The molecule has 3 aromatic heterocycles. The number of thiophene rings is 1. The van der Waals surface area contributed by atoms with Crippen LogP contribution in [0, 0.1) is 0 Å². The highest BCUT2D eigenvalue weighted by atomic mass is 32.1. The number of methoxy groups -OCH3 is 1. The van der Waals surface area contributed by atoms with Crippen LogP contribution in [0.5, 0.6) is 5.75 Å². The zero-order chi connectivity index (χ0) is 19.5. The van der Waals surface area contributed by atoms with Crippen molar-refractivity contribution in [3.63, 3.8) is 0 Å². The Bertz CT molecular complexity index is 1180. The molecule has 1 aromatic carbocycles. The lowest BCUT2D eigenvalue weighted by Gasteiger charge is -2.12. The van der Waals surface area contributed by atoms with Gasteiger partial charge in [0.15, 0.2) is 11.3 Å². The fourth-order valence-electron chi connectivity index (χ4n) is 2.80. The van der Waals surface area contributed by atoms with Crippen molar-refractivity contribution in [2.45, 2.75) is 6.54 Å². The molecule has 3 heterocycles. The Hall–Kier alpha value is -3.52. The number of hydrogen-bond donors (Lipinski definition) is 1. The van der Waals surface area contributed by atoms with E-state index in [1.165, 1.54) is 15.9 Å². The van der Waals surface area contributed by atoms with Gasteiger partial charge < -0.3 is 10.1 Å². The lowest BCUT2D eigenvalue weighted by Crippen LogP contribution is -2.34.